The van der Waals surface area contributed by atoms with Crippen LogP contribution in [-0.4, -0.2) is 87.1 Å². The molecule has 4 heterocycles. The molecule has 1 aromatic carbocycles. The Hall–Kier alpha value is -4.93. The lowest BCUT2D eigenvalue weighted by Gasteiger charge is -2.30. The molecule has 53 heavy (non-hydrogen) atoms. The van der Waals surface area contributed by atoms with Crippen molar-refractivity contribution in [1.29, 1.82) is 0 Å². The summed E-state index contributed by atoms with van der Waals surface area (Å²) >= 11 is 0. The lowest BCUT2D eigenvalue weighted by Crippen LogP contribution is -2.58. The quantitative estimate of drug-likeness (QED) is 0.300. The van der Waals surface area contributed by atoms with Crippen LogP contribution in [0, 0.1) is 25.6 Å². The number of nitrogens with zero attached hydrogens (tertiary/aromatic N) is 4. The average molecular weight is 752 g/mol. The zero-order valence-corrected chi connectivity index (χ0v) is 30.5. The second-order valence-electron chi connectivity index (χ2n) is 14.8. The van der Waals surface area contributed by atoms with Gasteiger partial charge in [0.1, 0.15) is 40.7 Å². The van der Waals surface area contributed by atoms with E-state index in [9.17, 15) is 32.0 Å². The first-order chi connectivity index (χ1) is 25.2. The van der Waals surface area contributed by atoms with Gasteiger partial charge in [-0.3, -0.25) is 23.9 Å². The minimum absolute atomic E-state index is 0.00331. The number of rotatable bonds is 7. The number of carbonyl (C=O) groups excluding carboxylic acids is 4. The Morgan fingerprint density at radius 1 is 1.13 bits per heavy atom. The van der Waals surface area contributed by atoms with Crippen molar-refractivity contribution < 1.29 is 41.2 Å². The lowest BCUT2D eigenvalue weighted by atomic mass is 10.0. The molecule has 3 fully saturated rings. The van der Waals surface area contributed by atoms with Gasteiger partial charge >= 0.3 is 0 Å². The first-order valence-corrected chi connectivity index (χ1v) is 19.4. The molecule has 4 aliphatic rings. The van der Waals surface area contributed by atoms with Crippen LogP contribution in [0.1, 0.15) is 86.7 Å². The summed E-state index contributed by atoms with van der Waals surface area (Å²) < 4.78 is 53.3. The number of carbonyl (C=O) groups is 4. The maximum atomic E-state index is 14.7. The molecular formula is C36H42FN7O8S. The van der Waals surface area contributed by atoms with Gasteiger partial charge < -0.3 is 24.8 Å². The molecule has 2 aromatic heterocycles. The van der Waals surface area contributed by atoms with E-state index in [-0.39, 0.29) is 42.9 Å². The molecule has 2 aliphatic heterocycles. The molecule has 3 N–H and O–H groups in total. The van der Waals surface area contributed by atoms with Crippen molar-refractivity contribution in [2.24, 2.45) is 5.92 Å². The van der Waals surface area contributed by atoms with Crippen LogP contribution in [-0.2, 0) is 24.4 Å². The van der Waals surface area contributed by atoms with Crippen molar-refractivity contribution in [3.8, 4) is 5.88 Å². The molecule has 2 aliphatic carbocycles. The van der Waals surface area contributed by atoms with Crippen LogP contribution in [0.4, 0.5) is 4.39 Å². The van der Waals surface area contributed by atoms with E-state index in [4.69, 9.17) is 9.26 Å². The number of sulfonamides is 1. The van der Waals surface area contributed by atoms with Crippen LogP contribution in [0.25, 0.3) is 11.0 Å². The van der Waals surface area contributed by atoms with Gasteiger partial charge in [-0.2, -0.15) is 0 Å². The number of nitrogens with one attached hydrogen (secondary N) is 3. The molecule has 0 radical (unpaired) electrons. The molecule has 15 nitrogen and oxygen atoms in total. The standard InChI is InChI=1S/C36H42FN7O8S/c1-20-16-27(42-52-20)30(45)39-26-12-8-6-4-5-7-10-22-18-36(22,34(48)43-53(49,50)35(3)14-15-35)41-31(46)28-17-23(19-44(28)33(26)47)51-32-21(2)38-25-13-9-11-24(37)29(25)40-32/h7,9-11,13,16,22-23,26,28H,4-6,8,12,14-15,17-19H2,1-3H3,(H,39,45)(H,41,46)(H,43,48)/t22-,23-,26+,28+,36-/m1/s1. The van der Waals surface area contributed by atoms with E-state index < -0.39 is 73.9 Å². The number of aryl methyl sites for hydroxylation is 2. The summed E-state index contributed by atoms with van der Waals surface area (Å²) in [4.78, 5) is 65.9. The first kappa shape index (κ1) is 36.4. The Labute approximate surface area is 305 Å². The van der Waals surface area contributed by atoms with Gasteiger partial charge in [0.25, 0.3) is 11.8 Å². The number of allylic oxidation sites excluding steroid dienone is 1. The molecular weight excluding hydrogens is 710 g/mol. The van der Waals surface area contributed by atoms with Gasteiger partial charge in [-0.05, 0) is 71.4 Å². The van der Waals surface area contributed by atoms with Crippen LogP contribution in [0.2, 0.25) is 0 Å². The molecule has 1 saturated heterocycles. The van der Waals surface area contributed by atoms with E-state index in [2.05, 4.69) is 30.5 Å². The minimum Gasteiger partial charge on any atom is -0.471 e. The fourth-order valence-electron chi connectivity index (χ4n) is 7.04. The van der Waals surface area contributed by atoms with E-state index in [0.29, 0.717) is 42.7 Å². The average Bonchev–Trinajstić information content (AvgIpc) is 3.91. The number of para-hydroxylation sites is 1. The second kappa shape index (κ2) is 13.8. The number of hydrogen-bond acceptors (Lipinski definition) is 11. The van der Waals surface area contributed by atoms with E-state index in [0.717, 1.165) is 12.8 Å². The molecule has 2 saturated carbocycles. The van der Waals surface area contributed by atoms with Crippen LogP contribution in [0.3, 0.4) is 0 Å². The number of amides is 4. The summed E-state index contributed by atoms with van der Waals surface area (Å²) in [6, 6.07) is 3.60. The third-order valence-corrected chi connectivity index (χ3v) is 12.9. The number of fused-ring (bicyclic) bond motifs is 3. The van der Waals surface area contributed by atoms with Crippen LogP contribution in [0.5, 0.6) is 5.88 Å². The van der Waals surface area contributed by atoms with Crippen molar-refractivity contribution in [3.63, 3.8) is 0 Å². The fourth-order valence-corrected chi connectivity index (χ4v) is 8.35. The SMILES string of the molecule is Cc1cc(C(=O)N[C@H]2CCCCCC=C[C@@H]3C[C@@]3(C(=O)NS(=O)(=O)C3(C)CC3)NC(=O)[C@@H]3C[C@@H](Oc4nc5c(F)cccc5nc4C)CN3C2=O)no1. The van der Waals surface area contributed by atoms with Gasteiger partial charge in [-0.25, -0.2) is 22.8 Å². The first-order valence-electron chi connectivity index (χ1n) is 17.9. The summed E-state index contributed by atoms with van der Waals surface area (Å²) in [6.07, 6.45) is 6.87. The third-order valence-electron chi connectivity index (χ3n) is 10.7. The van der Waals surface area contributed by atoms with Gasteiger partial charge in [0.2, 0.25) is 27.7 Å². The van der Waals surface area contributed by atoms with Crippen molar-refractivity contribution in [1.82, 2.24) is 35.4 Å². The maximum absolute atomic E-state index is 14.7. The number of aromatic nitrogens is 3. The third kappa shape index (κ3) is 7.22. The van der Waals surface area contributed by atoms with Gasteiger partial charge in [0, 0.05) is 18.4 Å². The number of halogens is 1. The van der Waals surface area contributed by atoms with Gasteiger partial charge in [0.05, 0.1) is 16.8 Å². The van der Waals surface area contributed by atoms with Crippen LogP contribution >= 0.6 is 0 Å². The zero-order chi connectivity index (χ0) is 37.7. The Morgan fingerprint density at radius 2 is 1.92 bits per heavy atom. The summed E-state index contributed by atoms with van der Waals surface area (Å²) in [5.41, 5.74) is -0.871. The van der Waals surface area contributed by atoms with Gasteiger partial charge in [-0.15, -0.1) is 0 Å². The number of benzene rings is 1. The largest absolute Gasteiger partial charge is 0.471 e. The summed E-state index contributed by atoms with van der Waals surface area (Å²) in [5, 5.41) is 9.38. The second-order valence-corrected chi connectivity index (χ2v) is 17.0. The van der Waals surface area contributed by atoms with E-state index in [1.54, 1.807) is 26.8 Å². The molecule has 7 rings (SSSR count). The van der Waals surface area contributed by atoms with E-state index in [1.807, 2.05) is 12.2 Å². The number of ether oxygens (including phenoxy) is 1. The molecule has 3 aromatic rings. The highest BCUT2D eigenvalue weighted by Gasteiger charge is 2.63. The molecule has 0 unspecified atom stereocenters. The molecule has 5 atom stereocenters. The lowest BCUT2D eigenvalue weighted by molar-refractivity contribution is -0.141. The van der Waals surface area contributed by atoms with Crippen LogP contribution < -0.4 is 20.1 Å². The molecule has 4 amide bonds. The summed E-state index contributed by atoms with van der Waals surface area (Å²) in [5.74, 6) is -3.33. The van der Waals surface area contributed by atoms with Crippen molar-refractivity contribution in [3.05, 3.63) is 59.4 Å². The number of hydrogen-bond donors (Lipinski definition) is 3. The predicted octanol–water partition coefficient (Wildman–Crippen LogP) is 2.91. The minimum atomic E-state index is -4.01. The molecule has 282 valence electrons. The Morgan fingerprint density at radius 3 is 2.66 bits per heavy atom. The highest BCUT2D eigenvalue weighted by molar-refractivity contribution is 7.91. The maximum Gasteiger partial charge on any atom is 0.274 e. The van der Waals surface area contributed by atoms with Crippen molar-refractivity contribution >= 4 is 44.7 Å². The van der Waals surface area contributed by atoms with E-state index >= 15 is 0 Å². The molecule has 0 spiro atoms. The highest BCUT2D eigenvalue weighted by Crippen LogP contribution is 2.47. The van der Waals surface area contributed by atoms with Crippen molar-refractivity contribution in [2.75, 3.05) is 6.54 Å². The van der Waals surface area contributed by atoms with E-state index in [1.165, 1.54) is 23.1 Å². The van der Waals surface area contributed by atoms with Gasteiger partial charge in [-0.1, -0.05) is 36.2 Å². The van der Waals surface area contributed by atoms with Crippen LogP contribution in [0.15, 0.2) is 40.9 Å². The molecule has 0 bridgehead atoms. The monoisotopic (exact) mass is 751 g/mol. The smallest absolute Gasteiger partial charge is 0.274 e. The summed E-state index contributed by atoms with van der Waals surface area (Å²) in [7, 11) is -4.01. The Kier molecular flexibility index (Phi) is 9.49. The zero-order valence-electron chi connectivity index (χ0n) is 29.7. The fraction of sp³-hybridized carbons (Fsp3) is 0.528. The molecule has 17 heteroatoms. The van der Waals surface area contributed by atoms with Gasteiger partial charge in [0.15, 0.2) is 11.5 Å². The topological polar surface area (TPSA) is 203 Å². The predicted molar refractivity (Wildman–Crippen MR) is 187 cm³/mol. The highest BCUT2D eigenvalue weighted by atomic mass is 32.2. The Bertz CT molecular complexity index is 2120. The normalized spacial score (nSPS) is 27.1. The Balaban J connectivity index is 1.20. The van der Waals surface area contributed by atoms with Crippen molar-refractivity contribution in [2.45, 2.75) is 107 Å². The summed E-state index contributed by atoms with van der Waals surface area (Å²) in [6.45, 7) is 4.74.